The predicted octanol–water partition coefficient (Wildman–Crippen LogP) is 3.86. The van der Waals surface area contributed by atoms with E-state index in [1.54, 1.807) is 39.3 Å². The Kier molecular flexibility index (Phi) is 9.11. The molecule has 0 saturated heterocycles. The fourth-order valence-electron chi connectivity index (χ4n) is 4.74. The quantitative estimate of drug-likeness (QED) is 0.318. The fraction of sp³-hybridized carbons (Fsp3) is 0.258. The zero-order chi connectivity index (χ0) is 27.9. The van der Waals surface area contributed by atoms with Gasteiger partial charge in [-0.25, -0.2) is 0 Å². The number of carbonyl (C=O) groups excluding carboxylic acids is 3. The number of likely N-dealkylation sites (N-methyl/N-ethyl adjacent to an activating group) is 3. The van der Waals surface area contributed by atoms with Gasteiger partial charge in [-0.2, -0.15) is 0 Å². The molecule has 0 spiro atoms. The van der Waals surface area contributed by atoms with E-state index in [1.165, 1.54) is 21.1 Å². The maximum Gasteiger partial charge on any atom is 0.254 e. The molecule has 2 unspecified atom stereocenters. The molecule has 0 aliphatic rings. The number of amides is 3. The Balaban J connectivity index is 1.69. The van der Waals surface area contributed by atoms with Gasteiger partial charge >= 0.3 is 0 Å². The first kappa shape index (κ1) is 28.0. The summed E-state index contributed by atoms with van der Waals surface area (Å²) >= 11 is 1.54. The van der Waals surface area contributed by atoms with E-state index in [-0.39, 0.29) is 17.7 Å². The smallest absolute Gasteiger partial charge is 0.254 e. The molecule has 2 atom stereocenters. The van der Waals surface area contributed by atoms with E-state index in [2.05, 4.69) is 5.32 Å². The van der Waals surface area contributed by atoms with E-state index in [0.717, 1.165) is 26.8 Å². The third-order valence-corrected chi connectivity index (χ3v) is 7.96. The second kappa shape index (κ2) is 12.7. The van der Waals surface area contributed by atoms with Crippen LogP contribution in [-0.4, -0.2) is 60.7 Å². The Bertz CT molecular complexity index is 1450. The standard InChI is InChI=1S/C31H34N4O3S/c1-33-29(36)27(19-26-12-7-15-39-26)34(2)31(38)28(18-21-13-14-23-9-4-5-10-24(23)16-21)35(3)30(37)25-11-6-8-22(17-25)20-32/h4-17,27-28H,18-20,32H2,1-3H3,(H,33,36). The van der Waals surface area contributed by atoms with E-state index in [1.807, 2.05) is 66.0 Å². The van der Waals surface area contributed by atoms with Gasteiger partial charge in [-0.05, 0) is 45.5 Å². The van der Waals surface area contributed by atoms with Crippen LogP contribution >= 0.6 is 11.3 Å². The number of carbonyl (C=O) groups is 3. The maximum atomic E-state index is 14.1. The zero-order valence-corrected chi connectivity index (χ0v) is 23.3. The summed E-state index contributed by atoms with van der Waals surface area (Å²) in [6.07, 6.45) is 0.685. The largest absolute Gasteiger partial charge is 0.357 e. The van der Waals surface area contributed by atoms with Crippen LogP contribution in [-0.2, 0) is 29.0 Å². The number of fused-ring (bicyclic) bond motifs is 1. The lowest BCUT2D eigenvalue weighted by Gasteiger charge is -2.34. The molecule has 8 heteroatoms. The van der Waals surface area contributed by atoms with Gasteiger partial charge in [0.2, 0.25) is 11.8 Å². The number of benzene rings is 3. The molecule has 1 heterocycles. The van der Waals surface area contributed by atoms with Gasteiger partial charge in [0.25, 0.3) is 5.91 Å². The first-order valence-corrected chi connectivity index (χ1v) is 13.7. The number of hydrogen-bond acceptors (Lipinski definition) is 5. The van der Waals surface area contributed by atoms with Gasteiger partial charge in [0.15, 0.2) is 0 Å². The molecule has 3 aromatic carbocycles. The molecule has 4 aromatic rings. The van der Waals surface area contributed by atoms with Gasteiger partial charge in [0.05, 0.1) is 0 Å². The first-order chi connectivity index (χ1) is 18.8. The Morgan fingerprint density at radius 1 is 0.821 bits per heavy atom. The van der Waals surface area contributed by atoms with Crippen molar-refractivity contribution in [2.75, 3.05) is 21.1 Å². The molecule has 1 aromatic heterocycles. The Labute approximate surface area is 233 Å². The topological polar surface area (TPSA) is 95.7 Å². The lowest BCUT2D eigenvalue weighted by atomic mass is 9.98. The molecule has 0 aliphatic heterocycles. The summed E-state index contributed by atoms with van der Waals surface area (Å²) in [6.45, 7) is 0.309. The fourth-order valence-corrected chi connectivity index (χ4v) is 5.48. The number of thiophene rings is 1. The van der Waals surface area contributed by atoms with E-state index >= 15 is 0 Å². The molecule has 0 saturated carbocycles. The minimum atomic E-state index is -0.833. The highest BCUT2D eigenvalue weighted by molar-refractivity contribution is 7.09. The van der Waals surface area contributed by atoms with Crippen LogP contribution in [0.3, 0.4) is 0 Å². The molecule has 0 aliphatic carbocycles. The summed E-state index contributed by atoms with van der Waals surface area (Å²) in [5.41, 5.74) is 8.01. The predicted molar refractivity (Wildman–Crippen MR) is 157 cm³/mol. The van der Waals surface area contributed by atoms with Crippen molar-refractivity contribution in [2.24, 2.45) is 5.73 Å². The van der Waals surface area contributed by atoms with Crippen molar-refractivity contribution in [1.82, 2.24) is 15.1 Å². The van der Waals surface area contributed by atoms with Crippen molar-refractivity contribution >= 4 is 39.8 Å². The number of nitrogens with one attached hydrogen (secondary N) is 1. The maximum absolute atomic E-state index is 14.1. The monoisotopic (exact) mass is 542 g/mol. The van der Waals surface area contributed by atoms with Gasteiger partial charge in [-0.3, -0.25) is 14.4 Å². The highest BCUT2D eigenvalue weighted by Crippen LogP contribution is 2.21. The Hall–Kier alpha value is -4.01. The molecule has 4 rings (SSSR count). The summed E-state index contributed by atoms with van der Waals surface area (Å²) in [5, 5.41) is 6.79. The van der Waals surface area contributed by atoms with Crippen molar-refractivity contribution in [3.8, 4) is 0 Å². The summed E-state index contributed by atoms with van der Waals surface area (Å²) in [5.74, 6) is -0.847. The first-order valence-electron chi connectivity index (χ1n) is 12.9. The number of nitrogens with zero attached hydrogens (tertiary/aromatic N) is 2. The highest BCUT2D eigenvalue weighted by atomic mass is 32.1. The molecular weight excluding hydrogens is 508 g/mol. The van der Waals surface area contributed by atoms with Crippen LogP contribution in [0.4, 0.5) is 0 Å². The van der Waals surface area contributed by atoms with Crippen LogP contribution in [0.5, 0.6) is 0 Å². The zero-order valence-electron chi connectivity index (χ0n) is 22.5. The molecule has 3 amide bonds. The van der Waals surface area contributed by atoms with E-state index in [4.69, 9.17) is 5.73 Å². The van der Waals surface area contributed by atoms with Crippen molar-refractivity contribution in [3.63, 3.8) is 0 Å². The van der Waals surface area contributed by atoms with Crippen molar-refractivity contribution < 1.29 is 14.4 Å². The Morgan fingerprint density at radius 2 is 1.59 bits per heavy atom. The lowest BCUT2D eigenvalue weighted by Crippen LogP contribution is -2.55. The number of hydrogen-bond donors (Lipinski definition) is 2. The summed E-state index contributed by atoms with van der Waals surface area (Å²) in [4.78, 5) is 44.6. The van der Waals surface area contributed by atoms with Crippen molar-refractivity contribution in [3.05, 3.63) is 106 Å². The molecule has 7 nitrogen and oxygen atoms in total. The van der Waals surface area contributed by atoms with E-state index < -0.39 is 12.1 Å². The number of rotatable bonds is 10. The van der Waals surface area contributed by atoms with Crippen LogP contribution < -0.4 is 11.1 Å². The third-order valence-electron chi connectivity index (χ3n) is 7.06. The molecule has 0 bridgehead atoms. The second-order valence-corrected chi connectivity index (χ2v) is 10.6. The van der Waals surface area contributed by atoms with Crippen molar-refractivity contribution in [2.45, 2.75) is 31.5 Å². The molecule has 39 heavy (non-hydrogen) atoms. The van der Waals surface area contributed by atoms with Crippen LogP contribution in [0.15, 0.2) is 84.2 Å². The molecule has 0 fully saturated rings. The average Bonchev–Trinajstić information content (AvgIpc) is 3.50. The third kappa shape index (κ3) is 6.53. The Morgan fingerprint density at radius 3 is 2.28 bits per heavy atom. The van der Waals surface area contributed by atoms with Gasteiger partial charge < -0.3 is 20.9 Å². The molecular formula is C31H34N4O3S. The van der Waals surface area contributed by atoms with Gasteiger partial charge in [-0.15, -0.1) is 11.3 Å². The SMILES string of the molecule is CNC(=O)C(Cc1cccs1)N(C)C(=O)C(Cc1ccc2ccccc2c1)N(C)C(=O)c1cccc(CN)c1. The molecule has 202 valence electrons. The van der Waals surface area contributed by atoms with Crippen LogP contribution in [0.25, 0.3) is 10.8 Å². The van der Waals surface area contributed by atoms with Crippen molar-refractivity contribution in [1.29, 1.82) is 0 Å². The molecule has 0 radical (unpaired) electrons. The summed E-state index contributed by atoms with van der Waals surface area (Å²) in [7, 11) is 4.84. The van der Waals surface area contributed by atoms with Gasteiger partial charge in [0.1, 0.15) is 12.1 Å². The normalized spacial score (nSPS) is 12.5. The lowest BCUT2D eigenvalue weighted by molar-refractivity contribution is -0.142. The highest BCUT2D eigenvalue weighted by Gasteiger charge is 2.35. The van der Waals surface area contributed by atoms with Crippen LogP contribution in [0, 0.1) is 0 Å². The van der Waals surface area contributed by atoms with E-state index in [0.29, 0.717) is 24.9 Å². The number of nitrogens with two attached hydrogens (primary N) is 1. The minimum absolute atomic E-state index is 0.256. The van der Waals surface area contributed by atoms with Crippen LogP contribution in [0.2, 0.25) is 0 Å². The average molecular weight is 543 g/mol. The van der Waals surface area contributed by atoms with Crippen LogP contribution in [0.1, 0.15) is 26.4 Å². The van der Waals surface area contributed by atoms with Gasteiger partial charge in [0, 0.05) is 51.0 Å². The minimum Gasteiger partial charge on any atom is -0.357 e. The van der Waals surface area contributed by atoms with Gasteiger partial charge in [-0.1, -0.05) is 60.7 Å². The summed E-state index contributed by atoms with van der Waals surface area (Å²) in [6, 6.07) is 23.5. The second-order valence-electron chi connectivity index (χ2n) is 9.58. The van der Waals surface area contributed by atoms with E-state index in [9.17, 15) is 14.4 Å². The summed E-state index contributed by atoms with van der Waals surface area (Å²) < 4.78 is 0. The molecule has 3 N–H and O–H groups in total.